The molecule has 4 heteroatoms. The lowest BCUT2D eigenvalue weighted by Crippen LogP contribution is -2.27. The Kier molecular flexibility index (Phi) is 4.44. The van der Waals surface area contributed by atoms with Crippen molar-refractivity contribution in [2.45, 2.75) is 18.9 Å². The van der Waals surface area contributed by atoms with Crippen LogP contribution in [0.4, 0.5) is 0 Å². The van der Waals surface area contributed by atoms with E-state index in [9.17, 15) is 4.79 Å². The summed E-state index contributed by atoms with van der Waals surface area (Å²) in [5.74, 6) is 1.27. The molecule has 0 amide bonds. The zero-order valence-electron chi connectivity index (χ0n) is 11.2. The highest BCUT2D eigenvalue weighted by Crippen LogP contribution is 2.25. The topological polar surface area (TPSA) is 44.8 Å². The molecule has 1 unspecified atom stereocenters. The average Bonchev–Trinajstić information content (AvgIpc) is 2.47. The molecule has 1 aliphatic carbocycles. The number of carbonyl (C=O) groups is 1. The molecule has 19 heavy (non-hydrogen) atoms. The monoisotopic (exact) mass is 262 g/mol. The van der Waals surface area contributed by atoms with E-state index < -0.39 is 0 Å². The molecular formula is C15H18O4. The van der Waals surface area contributed by atoms with E-state index in [0.717, 1.165) is 17.9 Å². The van der Waals surface area contributed by atoms with E-state index >= 15 is 0 Å². The minimum atomic E-state index is -0.173. The van der Waals surface area contributed by atoms with Crippen molar-refractivity contribution in [2.24, 2.45) is 5.92 Å². The Bertz CT molecular complexity index is 450. The van der Waals surface area contributed by atoms with Crippen LogP contribution >= 0.6 is 0 Å². The van der Waals surface area contributed by atoms with Crippen LogP contribution in [0.1, 0.15) is 12.8 Å². The lowest BCUT2D eigenvalue weighted by atomic mass is 9.92. The molecule has 102 valence electrons. The minimum absolute atomic E-state index is 0.0914. The SMILES string of the molecule is COC(=O)C1CC=C[C@@H](Oc2ccc(OC)cc2)C1. The van der Waals surface area contributed by atoms with Crippen LogP contribution in [0, 0.1) is 5.92 Å². The third-order valence-electron chi connectivity index (χ3n) is 3.17. The van der Waals surface area contributed by atoms with Crippen LogP contribution in [0.5, 0.6) is 11.5 Å². The summed E-state index contributed by atoms with van der Waals surface area (Å²) in [6.45, 7) is 0. The highest BCUT2D eigenvalue weighted by atomic mass is 16.5. The zero-order valence-corrected chi connectivity index (χ0v) is 11.2. The van der Waals surface area contributed by atoms with Crippen LogP contribution in [0.15, 0.2) is 36.4 Å². The van der Waals surface area contributed by atoms with Gasteiger partial charge in [0.25, 0.3) is 0 Å². The van der Waals surface area contributed by atoms with E-state index in [1.54, 1.807) is 7.11 Å². The molecule has 4 nitrogen and oxygen atoms in total. The third-order valence-corrected chi connectivity index (χ3v) is 3.17. The lowest BCUT2D eigenvalue weighted by Gasteiger charge is -2.23. The number of ether oxygens (including phenoxy) is 3. The zero-order chi connectivity index (χ0) is 13.7. The van der Waals surface area contributed by atoms with E-state index in [4.69, 9.17) is 14.2 Å². The second-order valence-corrected chi connectivity index (χ2v) is 4.45. The molecule has 1 aromatic rings. The van der Waals surface area contributed by atoms with Gasteiger partial charge in [-0.25, -0.2) is 0 Å². The number of allylic oxidation sites excluding steroid dienone is 1. The Morgan fingerprint density at radius 1 is 1.16 bits per heavy atom. The molecule has 0 N–H and O–H groups in total. The normalized spacial score (nSPS) is 21.8. The van der Waals surface area contributed by atoms with E-state index in [-0.39, 0.29) is 18.0 Å². The maximum absolute atomic E-state index is 11.5. The summed E-state index contributed by atoms with van der Waals surface area (Å²) in [5, 5.41) is 0. The van der Waals surface area contributed by atoms with Gasteiger partial charge in [-0.1, -0.05) is 6.08 Å². The lowest BCUT2D eigenvalue weighted by molar-refractivity contribution is -0.146. The van der Waals surface area contributed by atoms with Crippen molar-refractivity contribution in [3.8, 4) is 11.5 Å². The van der Waals surface area contributed by atoms with Crippen molar-refractivity contribution in [2.75, 3.05) is 14.2 Å². The first kappa shape index (κ1) is 13.5. The van der Waals surface area contributed by atoms with Gasteiger partial charge in [-0.15, -0.1) is 0 Å². The predicted octanol–water partition coefficient (Wildman–Crippen LogP) is 2.58. The van der Waals surface area contributed by atoms with Crippen LogP contribution in [-0.2, 0) is 9.53 Å². The first-order chi connectivity index (χ1) is 9.22. The fourth-order valence-electron chi connectivity index (χ4n) is 2.13. The van der Waals surface area contributed by atoms with E-state index in [0.29, 0.717) is 6.42 Å². The summed E-state index contributed by atoms with van der Waals surface area (Å²) in [7, 11) is 3.04. The standard InChI is InChI=1S/C15H18O4/c1-17-12-6-8-13(9-7-12)19-14-5-3-4-11(10-14)15(16)18-2/h3,5-9,11,14H,4,10H2,1-2H3/t11?,14-/m1/s1. The first-order valence-electron chi connectivity index (χ1n) is 6.28. The Balaban J connectivity index is 1.96. The van der Waals surface area contributed by atoms with Crippen molar-refractivity contribution < 1.29 is 19.0 Å². The third kappa shape index (κ3) is 3.50. The van der Waals surface area contributed by atoms with Gasteiger partial charge in [0, 0.05) is 6.42 Å². The van der Waals surface area contributed by atoms with Crippen molar-refractivity contribution in [1.82, 2.24) is 0 Å². The molecule has 0 radical (unpaired) electrons. The second-order valence-electron chi connectivity index (χ2n) is 4.45. The highest BCUT2D eigenvalue weighted by Gasteiger charge is 2.25. The largest absolute Gasteiger partial charge is 0.497 e. The Morgan fingerprint density at radius 2 is 1.84 bits per heavy atom. The molecule has 0 aliphatic heterocycles. The number of esters is 1. The number of rotatable bonds is 4. The maximum Gasteiger partial charge on any atom is 0.309 e. The van der Waals surface area contributed by atoms with Crippen LogP contribution in [0.3, 0.4) is 0 Å². The van der Waals surface area contributed by atoms with Gasteiger partial charge in [0.15, 0.2) is 0 Å². The van der Waals surface area contributed by atoms with Crippen molar-refractivity contribution in [3.05, 3.63) is 36.4 Å². The summed E-state index contributed by atoms with van der Waals surface area (Å²) in [6, 6.07) is 7.40. The molecule has 1 aromatic carbocycles. The fourth-order valence-corrected chi connectivity index (χ4v) is 2.13. The number of hydrogen-bond donors (Lipinski definition) is 0. The molecule has 0 saturated heterocycles. The second kappa shape index (κ2) is 6.27. The van der Waals surface area contributed by atoms with Crippen LogP contribution < -0.4 is 9.47 Å². The van der Waals surface area contributed by atoms with Gasteiger partial charge in [-0.3, -0.25) is 4.79 Å². The maximum atomic E-state index is 11.5. The molecule has 1 aliphatic rings. The van der Waals surface area contributed by atoms with E-state index in [1.165, 1.54) is 7.11 Å². The molecular weight excluding hydrogens is 244 g/mol. The molecule has 0 fully saturated rings. The fraction of sp³-hybridized carbons (Fsp3) is 0.400. The van der Waals surface area contributed by atoms with Gasteiger partial charge in [0.05, 0.1) is 20.1 Å². The molecule has 0 spiro atoms. The van der Waals surface area contributed by atoms with Crippen molar-refractivity contribution in [1.29, 1.82) is 0 Å². The number of benzene rings is 1. The predicted molar refractivity (Wildman–Crippen MR) is 71.3 cm³/mol. The van der Waals surface area contributed by atoms with E-state index in [2.05, 4.69) is 0 Å². The summed E-state index contributed by atoms with van der Waals surface area (Å²) in [4.78, 5) is 11.5. The summed E-state index contributed by atoms with van der Waals surface area (Å²) >= 11 is 0. The molecule has 0 heterocycles. The molecule has 0 aromatic heterocycles. The highest BCUT2D eigenvalue weighted by molar-refractivity contribution is 5.72. The Morgan fingerprint density at radius 3 is 2.47 bits per heavy atom. The smallest absolute Gasteiger partial charge is 0.309 e. The minimum Gasteiger partial charge on any atom is -0.497 e. The molecule has 2 atom stereocenters. The van der Waals surface area contributed by atoms with Gasteiger partial charge in [0.1, 0.15) is 17.6 Å². The van der Waals surface area contributed by atoms with Crippen molar-refractivity contribution >= 4 is 5.97 Å². The number of hydrogen-bond acceptors (Lipinski definition) is 4. The quantitative estimate of drug-likeness (QED) is 0.618. The Labute approximate surface area is 113 Å². The Hall–Kier alpha value is -1.97. The summed E-state index contributed by atoms with van der Waals surface area (Å²) in [5.41, 5.74) is 0. The first-order valence-corrected chi connectivity index (χ1v) is 6.28. The number of methoxy groups -OCH3 is 2. The van der Waals surface area contributed by atoms with Gasteiger partial charge >= 0.3 is 5.97 Å². The van der Waals surface area contributed by atoms with Crippen LogP contribution in [-0.4, -0.2) is 26.3 Å². The summed E-state index contributed by atoms with van der Waals surface area (Å²) in [6.07, 6.45) is 5.24. The van der Waals surface area contributed by atoms with Gasteiger partial charge in [-0.2, -0.15) is 0 Å². The van der Waals surface area contributed by atoms with Gasteiger partial charge in [0.2, 0.25) is 0 Å². The molecule has 0 bridgehead atoms. The molecule has 0 saturated carbocycles. The number of carbonyl (C=O) groups excluding carboxylic acids is 1. The van der Waals surface area contributed by atoms with Crippen LogP contribution in [0.2, 0.25) is 0 Å². The molecule has 2 rings (SSSR count). The van der Waals surface area contributed by atoms with E-state index in [1.807, 2.05) is 36.4 Å². The van der Waals surface area contributed by atoms with Gasteiger partial charge in [-0.05, 0) is 36.8 Å². The van der Waals surface area contributed by atoms with Gasteiger partial charge < -0.3 is 14.2 Å². The average molecular weight is 262 g/mol. The van der Waals surface area contributed by atoms with Crippen LogP contribution in [0.25, 0.3) is 0 Å². The summed E-state index contributed by atoms with van der Waals surface area (Å²) < 4.78 is 15.7. The van der Waals surface area contributed by atoms with Crippen molar-refractivity contribution in [3.63, 3.8) is 0 Å².